The minimum Gasteiger partial charge on any atom is -0.743 e. The zero-order valence-electron chi connectivity index (χ0n) is 28.0. The first kappa shape index (κ1) is 39.2. The van der Waals surface area contributed by atoms with Crippen LogP contribution in [0.2, 0.25) is 0 Å². The van der Waals surface area contributed by atoms with Crippen LogP contribution in [0.4, 0.5) is 22.0 Å². The fourth-order valence-corrected chi connectivity index (χ4v) is 10.2. The largest absolute Gasteiger partial charge is 0.743 e. The van der Waals surface area contributed by atoms with Crippen LogP contribution in [0.25, 0.3) is 0 Å². The monoisotopic (exact) mass is 731 g/mol. The summed E-state index contributed by atoms with van der Waals surface area (Å²) in [5.41, 5.74) is -0.247. The van der Waals surface area contributed by atoms with Crippen LogP contribution in [0.5, 0.6) is 0 Å². The van der Waals surface area contributed by atoms with Gasteiger partial charge < -0.3 is 23.5 Å². The van der Waals surface area contributed by atoms with Gasteiger partial charge in [0.05, 0.1) is 0 Å². The third-order valence-electron chi connectivity index (χ3n) is 11.7. The van der Waals surface area contributed by atoms with Crippen LogP contribution in [0, 0.1) is 46.8 Å². The molecule has 12 atom stereocenters. The van der Waals surface area contributed by atoms with Crippen molar-refractivity contribution in [1.29, 1.82) is 0 Å². The van der Waals surface area contributed by atoms with Crippen molar-refractivity contribution in [1.82, 2.24) is 0 Å². The molecule has 0 aliphatic heterocycles. The Bertz CT molecular complexity index is 1390. The SMILES string of the molecule is CC(=O)OC1CCC2(C)C(C1)CC(OC(C)=O)C1C3CCC(C(C)CCC(=O)OC(C(F)(F)F)C(F)(F)S(=O)(=O)[O-])C3C(OC(C)=O)CC12. The Morgan fingerprint density at radius 3 is 1.96 bits per heavy atom. The van der Waals surface area contributed by atoms with Gasteiger partial charge in [0.1, 0.15) is 18.3 Å². The Morgan fingerprint density at radius 2 is 1.43 bits per heavy atom. The smallest absolute Gasteiger partial charge is 0.432 e. The molecule has 280 valence electrons. The average Bonchev–Trinajstić information content (AvgIpc) is 3.39. The molecule has 0 spiro atoms. The number of hydrogen-bond donors (Lipinski definition) is 0. The lowest BCUT2D eigenvalue weighted by Gasteiger charge is -2.61. The number of ether oxygens (including phenoxy) is 4. The van der Waals surface area contributed by atoms with Crippen LogP contribution in [0.3, 0.4) is 0 Å². The van der Waals surface area contributed by atoms with Gasteiger partial charge in [0, 0.05) is 39.0 Å². The van der Waals surface area contributed by atoms with E-state index in [1.807, 2.05) is 0 Å². The van der Waals surface area contributed by atoms with Gasteiger partial charge >= 0.3 is 35.3 Å². The van der Waals surface area contributed by atoms with E-state index in [1.54, 1.807) is 6.92 Å². The molecule has 4 aliphatic carbocycles. The lowest BCUT2D eigenvalue weighted by molar-refractivity contribution is -0.259. The maximum Gasteiger partial charge on any atom is 0.432 e. The van der Waals surface area contributed by atoms with Crippen molar-refractivity contribution < 1.29 is 73.0 Å². The van der Waals surface area contributed by atoms with Crippen molar-refractivity contribution in [2.75, 3.05) is 0 Å². The number of carbonyl (C=O) groups is 4. The lowest BCUT2D eigenvalue weighted by atomic mass is 9.45. The highest BCUT2D eigenvalue weighted by atomic mass is 32.2. The van der Waals surface area contributed by atoms with Crippen molar-refractivity contribution in [3.05, 3.63) is 0 Å². The van der Waals surface area contributed by atoms with E-state index in [0.29, 0.717) is 38.5 Å². The summed E-state index contributed by atoms with van der Waals surface area (Å²) in [7, 11) is -6.82. The minimum absolute atomic E-state index is 0.0261. The Kier molecular flexibility index (Phi) is 11.4. The summed E-state index contributed by atoms with van der Waals surface area (Å²) in [5.74, 6) is -4.18. The molecule has 49 heavy (non-hydrogen) atoms. The zero-order chi connectivity index (χ0) is 36.9. The zero-order valence-corrected chi connectivity index (χ0v) is 28.8. The first-order chi connectivity index (χ1) is 22.5. The Balaban J connectivity index is 1.56. The molecule has 4 rings (SSSR count). The minimum atomic E-state index is -6.82. The maximum atomic E-state index is 13.9. The van der Waals surface area contributed by atoms with E-state index in [-0.39, 0.29) is 59.4 Å². The molecule has 0 aromatic heterocycles. The van der Waals surface area contributed by atoms with Gasteiger partial charge in [-0.15, -0.1) is 0 Å². The topological polar surface area (TPSA) is 162 Å². The van der Waals surface area contributed by atoms with Gasteiger partial charge in [-0.1, -0.05) is 13.8 Å². The summed E-state index contributed by atoms with van der Waals surface area (Å²) >= 11 is 0. The van der Waals surface area contributed by atoms with Gasteiger partial charge in [0.2, 0.25) is 0 Å². The average molecular weight is 732 g/mol. The van der Waals surface area contributed by atoms with Gasteiger partial charge in [-0.2, -0.15) is 22.0 Å². The van der Waals surface area contributed by atoms with Crippen molar-refractivity contribution in [3.63, 3.8) is 0 Å². The summed E-state index contributed by atoms with van der Waals surface area (Å²) in [4.78, 5) is 48.8. The lowest BCUT2D eigenvalue weighted by Crippen LogP contribution is -2.60. The number of hydrogen-bond acceptors (Lipinski definition) is 11. The molecule has 0 aromatic carbocycles. The molecule has 0 aromatic rings. The van der Waals surface area contributed by atoms with E-state index in [4.69, 9.17) is 14.2 Å². The maximum absolute atomic E-state index is 13.9. The van der Waals surface area contributed by atoms with Gasteiger partial charge in [-0.25, -0.2) is 8.42 Å². The van der Waals surface area contributed by atoms with Gasteiger partial charge in [-0.05, 0) is 86.4 Å². The van der Waals surface area contributed by atoms with Crippen LogP contribution < -0.4 is 0 Å². The Morgan fingerprint density at radius 1 is 0.857 bits per heavy atom. The second-order valence-electron chi connectivity index (χ2n) is 14.6. The van der Waals surface area contributed by atoms with E-state index in [9.17, 15) is 54.1 Å². The molecule has 11 nitrogen and oxygen atoms in total. The molecule has 0 bridgehead atoms. The summed E-state index contributed by atoms with van der Waals surface area (Å²) in [5, 5.41) is -5.94. The number of carbonyl (C=O) groups excluding carboxylic acids is 4. The highest BCUT2D eigenvalue weighted by Crippen LogP contribution is 2.65. The first-order valence-corrected chi connectivity index (χ1v) is 18.0. The number of esters is 4. The fourth-order valence-electron chi connectivity index (χ4n) is 9.76. The number of alkyl halides is 5. The van der Waals surface area contributed by atoms with Crippen molar-refractivity contribution >= 4 is 34.0 Å². The molecule has 4 fully saturated rings. The molecule has 0 N–H and O–H groups in total. The quantitative estimate of drug-likeness (QED) is 0.124. The summed E-state index contributed by atoms with van der Waals surface area (Å²) < 4.78 is 121. The molecule has 0 heterocycles. The predicted molar refractivity (Wildman–Crippen MR) is 157 cm³/mol. The third kappa shape index (κ3) is 8.17. The molecule has 0 amide bonds. The van der Waals surface area contributed by atoms with Gasteiger partial charge in [0.25, 0.3) is 6.10 Å². The highest BCUT2D eigenvalue weighted by molar-refractivity contribution is 7.86. The van der Waals surface area contributed by atoms with E-state index in [1.165, 1.54) is 20.8 Å². The number of rotatable bonds is 10. The summed E-state index contributed by atoms with van der Waals surface area (Å²) in [6.45, 7) is 7.89. The highest BCUT2D eigenvalue weighted by Gasteiger charge is 2.65. The number of halogens is 5. The van der Waals surface area contributed by atoms with Crippen LogP contribution in [0.1, 0.15) is 92.4 Å². The molecule has 0 radical (unpaired) electrons. The molecule has 4 aliphatic rings. The van der Waals surface area contributed by atoms with Crippen LogP contribution in [-0.2, 0) is 48.2 Å². The van der Waals surface area contributed by atoms with E-state index in [0.717, 1.165) is 6.42 Å². The predicted octanol–water partition coefficient (Wildman–Crippen LogP) is 5.30. The molecule has 17 heteroatoms. The molecule has 4 saturated carbocycles. The van der Waals surface area contributed by atoms with Crippen LogP contribution in [-0.4, -0.2) is 72.7 Å². The molecular formula is C32H44F5O11S-. The Hall–Kier alpha value is -2.56. The van der Waals surface area contributed by atoms with E-state index >= 15 is 0 Å². The number of fused-ring (bicyclic) bond motifs is 5. The normalized spacial score (nSPS) is 35.9. The Labute approximate surface area is 282 Å². The fraction of sp³-hybridized carbons (Fsp3) is 0.875. The van der Waals surface area contributed by atoms with Crippen molar-refractivity contribution in [3.8, 4) is 0 Å². The first-order valence-electron chi connectivity index (χ1n) is 16.6. The summed E-state index contributed by atoms with van der Waals surface area (Å²) in [6, 6.07) is 0. The standard InChI is InChI=1S/C32H45F5O11S/c1-15(6-9-26(41)48-29(31(33,34)35)32(36,37)49(42,43)44)21-7-8-22-27(21)25(47-18(4)40)14-23-28(22)24(46-17(3)39)13-19-12-20(45-16(2)38)10-11-30(19,23)5/h15,19-25,27-29H,6-14H2,1-5H3,(H,42,43,44)/p-1. The van der Waals surface area contributed by atoms with Crippen LogP contribution in [0.15, 0.2) is 0 Å². The van der Waals surface area contributed by atoms with Gasteiger partial charge in [0.15, 0.2) is 10.1 Å². The van der Waals surface area contributed by atoms with E-state index in [2.05, 4.69) is 11.7 Å². The molecular weight excluding hydrogens is 687 g/mol. The second-order valence-corrected chi connectivity index (χ2v) is 16.0. The van der Waals surface area contributed by atoms with Gasteiger partial charge in [-0.3, -0.25) is 19.2 Å². The third-order valence-corrected chi connectivity index (χ3v) is 12.5. The second kappa shape index (κ2) is 14.2. The van der Waals surface area contributed by atoms with Crippen molar-refractivity contribution in [2.24, 2.45) is 46.8 Å². The summed E-state index contributed by atoms with van der Waals surface area (Å²) in [6.07, 6.45) is -8.51. The molecule has 0 saturated heterocycles. The molecule has 12 unspecified atom stereocenters. The van der Waals surface area contributed by atoms with E-state index < -0.39 is 70.1 Å². The van der Waals surface area contributed by atoms with Crippen LogP contribution >= 0.6 is 0 Å². The van der Waals surface area contributed by atoms with Crippen molar-refractivity contribution in [2.45, 2.75) is 128 Å².